The van der Waals surface area contributed by atoms with Gasteiger partial charge in [0, 0.05) is 11.0 Å². The van der Waals surface area contributed by atoms with Gasteiger partial charge < -0.3 is 5.32 Å². The number of carbonyl (C=O) groups is 1. The average molecular weight is 398 g/mol. The molecular formula is C13H18BrClN2O3S. The molecule has 1 unspecified atom stereocenters. The first-order chi connectivity index (χ1) is 9.54. The molecule has 0 fully saturated rings. The minimum atomic E-state index is -3.94. The number of carbonyl (C=O) groups excluding carboxylic acids is 1. The lowest BCUT2D eigenvalue weighted by Crippen LogP contribution is -2.30. The molecule has 0 aliphatic rings. The number of sulfonamides is 1. The molecule has 1 aromatic rings. The molecule has 0 saturated carbocycles. The van der Waals surface area contributed by atoms with Crippen LogP contribution >= 0.6 is 27.5 Å². The van der Waals surface area contributed by atoms with Crippen molar-refractivity contribution in [2.24, 2.45) is 17.0 Å². The monoisotopic (exact) mass is 396 g/mol. The third kappa shape index (κ3) is 4.95. The van der Waals surface area contributed by atoms with E-state index >= 15 is 0 Å². The summed E-state index contributed by atoms with van der Waals surface area (Å²) in [4.78, 5) is 12.0. The van der Waals surface area contributed by atoms with Gasteiger partial charge in [0.2, 0.25) is 10.0 Å². The van der Waals surface area contributed by atoms with Gasteiger partial charge in [-0.3, -0.25) is 4.79 Å². The molecule has 0 radical (unpaired) electrons. The number of halogens is 2. The van der Waals surface area contributed by atoms with E-state index in [1.807, 2.05) is 6.92 Å². The van der Waals surface area contributed by atoms with Gasteiger partial charge >= 0.3 is 0 Å². The van der Waals surface area contributed by atoms with Gasteiger partial charge in [0.15, 0.2) is 0 Å². The Bertz CT molecular complexity index is 647. The first kappa shape index (κ1) is 18.4. The molecule has 0 saturated heterocycles. The average Bonchev–Trinajstić information content (AvgIpc) is 2.33. The number of hydrogen-bond acceptors (Lipinski definition) is 3. The Kier molecular flexibility index (Phi) is 6.22. The second kappa shape index (κ2) is 7.09. The van der Waals surface area contributed by atoms with Gasteiger partial charge in [-0.15, -0.1) is 0 Å². The topological polar surface area (TPSA) is 89.3 Å². The Labute approximate surface area is 138 Å². The molecule has 21 heavy (non-hydrogen) atoms. The van der Waals surface area contributed by atoms with Crippen LogP contribution in [0.5, 0.6) is 0 Å². The Balaban J connectivity index is 3.05. The van der Waals surface area contributed by atoms with Crippen LogP contribution in [0.25, 0.3) is 0 Å². The second-order valence-corrected chi connectivity index (χ2v) is 8.03. The maximum absolute atomic E-state index is 12.1. The maximum Gasteiger partial charge on any atom is 0.252 e. The largest absolute Gasteiger partial charge is 0.352 e. The van der Waals surface area contributed by atoms with Crippen molar-refractivity contribution in [3.8, 4) is 0 Å². The highest BCUT2D eigenvalue weighted by Gasteiger charge is 2.20. The summed E-state index contributed by atoms with van der Waals surface area (Å²) < 4.78 is 23.2. The van der Waals surface area contributed by atoms with Crippen LogP contribution in [0.4, 0.5) is 0 Å². The zero-order valence-corrected chi connectivity index (χ0v) is 15.1. The quantitative estimate of drug-likeness (QED) is 0.800. The molecular weight excluding hydrogens is 380 g/mol. The summed E-state index contributed by atoms with van der Waals surface area (Å²) in [5.74, 6) is 0.288. The third-order valence-electron chi connectivity index (χ3n) is 3.30. The van der Waals surface area contributed by atoms with Crippen molar-refractivity contribution in [3.63, 3.8) is 0 Å². The molecule has 1 rings (SSSR count). The number of hydrogen-bond donors (Lipinski definition) is 2. The van der Waals surface area contributed by atoms with Crippen molar-refractivity contribution in [2.75, 3.05) is 6.54 Å². The number of nitrogens with one attached hydrogen (secondary N) is 1. The SMILES string of the molecule is CC(C)C(C)CNC(=O)c1cc(S(N)(=O)=O)c(Br)cc1Cl. The van der Waals surface area contributed by atoms with Crippen LogP contribution in [0.2, 0.25) is 5.02 Å². The molecule has 0 aromatic heterocycles. The molecule has 118 valence electrons. The summed E-state index contributed by atoms with van der Waals surface area (Å²) in [5.41, 5.74) is 0.0832. The van der Waals surface area contributed by atoms with Crippen molar-refractivity contribution >= 4 is 43.5 Å². The van der Waals surface area contributed by atoms with Gasteiger partial charge in [-0.25, -0.2) is 13.6 Å². The predicted octanol–water partition coefficient (Wildman–Crippen LogP) is 2.77. The Morgan fingerprint density at radius 3 is 2.43 bits per heavy atom. The molecule has 5 nitrogen and oxygen atoms in total. The fourth-order valence-electron chi connectivity index (χ4n) is 1.51. The summed E-state index contributed by atoms with van der Waals surface area (Å²) >= 11 is 9.07. The van der Waals surface area contributed by atoms with Crippen molar-refractivity contribution < 1.29 is 13.2 Å². The fourth-order valence-corrected chi connectivity index (χ4v) is 3.52. The summed E-state index contributed by atoms with van der Waals surface area (Å²) in [6, 6.07) is 2.53. The van der Waals surface area contributed by atoms with Crippen molar-refractivity contribution in [2.45, 2.75) is 25.7 Å². The number of amides is 1. The van der Waals surface area contributed by atoms with Crippen LogP contribution in [-0.4, -0.2) is 20.9 Å². The Morgan fingerprint density at radius 2 is 1.95 bits per heavy atom. The van der Waals surface area contributed by atoms with Gasteiger partial charge in [0.25, 0.3) is 5.91 Å². The molecule has 0 aliphatic heterocycles. The van der Waals surface area contributed by atoms with Crippen LogP contribution in [0.15, 0.2) is 21.5 Å². The first-order valence-electron chi connectivity index (χ1n) is 6.34. The van der Waals surface area contributed by atoms with Gasteiger partial charge in [0.1, 0.15) is 0 Å². The van der Waals surface area contributed by atoms with Crippen LogP contribution < -0.4 is 10.5 Å². The van der Waals surface area contributed by atoms with E-state index in [1.54, 1.807) is 0 Å². The molecule has 1 atom stereocenters. The number of primary sulfonamides is 1. The number of benzene rings is 1. The van der Waals surface area contributed by atoms with Crippen molar-refractivity contribution in [1.29, 1.82) is 0 Å². The normalized spacial score (nSPS) is 13.3. The second-order valence-electron chi connectivity index (χ2n) is 5.24. The van der Waals surface area contributed by atoms with Gasteiger partial charge in [-0.05, 0) is 39.9 Å². The van der Waals surface area contributed by atoms with E-state index in [9.17, 15) is 13.2 Å². The predicted molar refractivity (Wildman–Crippen MR) is 86.9 cm³/mol. The molecule has 0 aliphatic carbocycles. The van der Waals surface area contributed by atoms with E-state index < -0.39 is 15.9 Å². The number of nitrogens with two attached hydrogens (primary N) is 1. The highest BCUT2D eigenvalue weighted by atomic mass is 79.9. The lowest BCUT2D eigenvalue weighted by atomic mass is 9.98. The van der Waals surface area contributed by atoms with E-state index in [0.29, 0.717) is 18.4 Å². The van der Waals surface area contributed by atoms with Crippen LogP contribution in [0.1, 0.15) is 31.1 Å². The zero-order chi connectivity index (χ0) is 16.4. The molecule has 0 bridgehead atoms. The minimum absolute atomic E-state index is 0.0832. The standard InChI is InChI=1S/C13H18BrClN2O3S/c1-7(2)8(3)6-17-13(18)9-4-12(21(16,19)20)10(14)5-11(9)15/h4-5,7-8H,6H2,1-3H3,(H,17,18)(H2,16,19,20). The third-order valence-corrected chi connectivity index (χ3v) is 5.48. The van der Waals surface area contributed by atoms with Crippen LogP contribution in [-0.2, 0) is 10.0 Å². The molecule has 1 aromatic carbocycles. The molecule has 1 amide bonds. The Hall–Kier alpha value is -0.630. The maximum atomic E-state index is 12.1. The molecule has 3 N–H and O–H groups in total. The number of rotatable bonds is 5. The van der Waals surface area contributed by atoms with Crippen molar-refractivity contribution in [3.05, 3.63) is 27.2 Å². The van der Waals surface area contributed by atoms with E-state index in [2.05, 4.69) is 35.1 Å². The fraction of sp³-hybridized carbons (Fsp3) is 0.462. The zero-order valence-electron chi connectivity index (χ0n) is 12.0. The van der Waals surface area contributed by atoms with E-state index in [-0.39, 0.29) is 20.0 Å². The summed E-state index contributed by atoms with van der Waals surface area (Å²) in [7, 11) is -3.94. The Morgan fingerprint density at radius 1 is 1.38 bits per heavy atom. The summed E-state index contributed by atoms with van der Waals surface area (Å²) in [6.07, 6.45) is 0. The summed E-state index contributed by atoms with van der Waals surface area (Å²) in [5, 5.41) is 8.01. The van der Waals surface area contributed by atoms with Gasteiger partial charge in [-0.2, -0.15) is 0 Å². The molecule has 8 heteroatoms. The van der Waals surface area contributed by atoms with Gasteiger partial charge in [-0.1, -0.05) is 32.4 Å². The van der Waals surface area contributed by atoms with Gasteiger partial charge in [0.05, 0.1) is 15.5 Å². The van der Waals surface area contributed by atoms with Crippen molar-refractivity contribution in [1.82, 2.24) is 5.32 Å². The van der Waals surface area contributed by atoms with E-state index in [1.165, 1.54) is 12.1 Å². The van der Waals surface area contributed by atoms with E-state index in [0.717, 1.165) is 0 Å². The first-order valence-corrected chi connectivity index (χ1v) is 9.05. The molecule has 0 heterocycles. The van der Waals surface area contributed by atoms with Crippen LogP contribution in [0.3, 0.4) is 0 Å². The van der Waals surface area contributed by atoms with E-state index in [4.69, 9.17) is 16.7 Å². The minimum Gasteiger partial charge on any atom is -0.352 e. The summed E-state index contributed by atoms with van der Waals surface area (Å²) in [6.45, 7) is 6.61. The lowest BCUT2D eigenvalue weighted by Gasteiger charge is -2.16. The van der Waals surface area contributed by atoms with Crippen LogP contribution in [0, 0.1) is 11.8 Å². The highest BCUT2D eigenvalue weighted by Crippen LogP contribution is 2.28. The highest BCUT2D eigenvalue weighted by molar-refractivity contribution is 9.10. The molecule has 0 spiro atoms. The smallest absolute Gasteiger partial charge is 0.252 e. The lowest BCUT2D eigenvalue weighted by molar-refractivity contribution is 0.0945.